The molecule has 1 N–H and O–H groups in total. The lowest BCUT2D eigenvalue weighted by molar-refractivity contribution is -0.138. The first-order chi connectivity index (χ1) is 9.77. The Morgan fingerprint density at radius 3 is 2.38 bits per heavy atom. The fourth-order valence-electron chi connectivity index (χ4n) is 1.47. The first kappa shape index (κ1) is 15.8. The molecule has 0 amide bonds. The first-order valence-corrected chi connectivity index (χ1v) is 7.12. The van der Waals surface area contributed by atoms with Crippen LogP contribution in [0.2, 0.25) is 0 Å². The SMILES string of the molecule is O=C(O)c1ncc(C(F)(F)F)cc1Sc1ccc(Br)cc1. The van der Waals surface area contributed by atoms with E-state index in [-0.39, 0.29) is 4.90 Å². The molecule has 2 aromatic rings. The summed E-state index contributed by atoms with van der Waals surface area (Å²) in [4.78, 5) is 15.0. The number of carboxylic acid groups (broad SMARTS) is 1. The summed E-state index contributed by atoms with van der Waals surface area (Å²) in [5.41, 5.74) is -1.39. The second-order valence-electron chi connectivity index (χ2n) is 3.93. The second kappa shape index (κ2) is 6.07. The molecule has 1 heterocycles. The van der Waals surface area contributed by atoms with Gasteiger partial charge < -0.3 is 5.11 Å². The van der Waals surface area contributed by atoms with Gasteiger partial charge >= 0.3 is 12.1 Å². The molecule has 21 heavy (non-hydrogen) atoms. The summed E-state index contributed by atoms with van der Waals surface area (Å²) >= 11 is 4.16. The van der Waals surface area contributed by atoms with Crippen LogP contribution in [0.1, 0.15) is 16.1 Å². The number of alkyl halides is 3. The van der Waals surface area contributed by atoms with Gasteiger partial charge in [0.05, 0.1) is 5.56 Å². The van der Waals surface area contributed by atoms with Crippen molar-refractivity contribution < 1.29 is 23.1 Å². The maximum absolute atomic E-state index is 12.7. The number of aromatic nitrogens is 1. The lowest BCUT2D eigenvalue weighted by atomic mass is 10.2. The zero-order chi connectivity index (χ0) is 15.6. The Bertz CT molecular complexity index is 674. The van der Waals surface area contributed by atoms with Crippen LogP contribution in [-0.4, -0.2) is 16.1 Å². The highest BCUT2D eigenvalue weighted by atomic mass is 79.9. The van der Waals surface area contributed by atoms with Gasteiger partial charge in [0, 0.05) is 20.5 Å². The molecule has 0 fully saturated rings. The van der Waals surface area contributed by atoms with Gasteiger partial charge in [-0.3, -0.25) is 0 Å². The van der Waals surface area contributed by atoms with E-state index >= 15 is 0 Å². The van der Waals surface area contributed by atoms with Crippen molar-refractivity contribution in [2.45, 2.75) is 16.0 Å². The highest BCUT2D eigenvalue weighted by molar-refractivity contribution is 9.10. The number of halogens is 4. The van der Waals surface area contributed by atoms with Crippen molar-refractivity contribution in [2.24, 2.45) is 0 Å². The molecule has 0 spiro atoms. The number of rotatable bonds is 3. The van der Waals surface area contributed by atoms with Crippen LogP contribution in [0.3, 0.4) is 0 Å². The molecule has 110 valence electrons. The molecule has 1 aromatic heterocycles. The molecule has 2 rings (SSSR count). The Labute approximate surface area is 130 Å². The minimum atomic E-state index is -4.57. The van der Waals surface area contributed by atoms with Crippen molar-refractivity contribution in [2.75, 3.05) is 0 Å². The summed E-state index contributed by atoms with van der Waals surface area (Å²) in [6.45, 7) is 0. The van der Waals surface area contributed by atoms with Gasteiger partial charge in [0.15, 0.2) is 5.69 Å². The van der Waals surface area contributed by atoms with Crippen molar-refractivity contribution in [1.29, 1.82) is 0 Å². The molecule has 0 aliphatic carbocycles. The molecule has 0 bridgehead atoms. The molecule has 0 aliphatic heterocycles. The lowest BCUT2D eigenvalue weighted by Gasteiger charge is -2.10. The Morgan fingerprint density at radius 2 is 1.86 bits per heavy atom. The molecular weight excluding hydrogens is 371 g/mol. The minimum Gasteiger partial charge on any atom is -0.476 e. The normalized spacial score (nSPS) is 11.4. The van der Waals surface area contributed by atoms with Crippen LogP contribution in [0.5, 0.6) is 0 Å². The Balaban J connectivity index is 2.43. The Hall–Kier alpha value is -1.54. The fraction of sp³-hybridized carbons (Fsp3) is 0.0769. The summed E-state index contributed by atoms with van der Waals surface area (Å²) in [6, 6.07) is 7.55. The molecule has 0 aliphatic rings. The maximum atomic E-state index is 12.7. The standard InChI is InChI=1S/C13H7BrF3NO2S/c14-8-1-3-9(4-2-8)21-10-5-7(13(15,16)17)6-18-11(10)12(19)20/h1-6H,(H,19,20). The predicted molar refractivity (Wildman–Crippen MR) is 74.5 cm³/mol. The first-order valence-electron chi connectivity index (χ1n) is 5.51. The highest BCUT2D eigenvalue weighted by Crippen LogP contribution is 2.35. The second-order valence-corrected chi connectivity index (χ2v) is 5.96. The van der Waals surface area contributed by atoms with E-state index in [4.69, 9.17) is 5.11 Å². The number of hydrogen-bond donors (Lipinski definition) is 1. The number of aromatic carboxylic acids is 1. The van der Waals surface area contributed by atoms with Gasteiger partial charge in [0.1, 0.15) is 0 Å². The summed E-state index contributed by atoms with van der Waals surface area (Å²) < 4.78 is 38.9. The average molecular weight is 378 g/mol. The van der Waals surface area contributed by atoms with Crippen LogP contribution in [0.25, 0.3) is 0 Å². The summed E-state index contributed by atoms with van der Waals surface area (Å²) in [5.74, 6) is -1.37. The van der Waals surface area contributed by atoms with Crippen LogP contribution in [0.15, 0.2) is 50.8 Å². The summed E-state index contributed by atoms with van der Waals surface area (Å²) in [7, 11) is 0. The molecular formula is C13H7BrF3NO2S. The molecule has 3 nitrogen and oxygen atoms in total. The predicted octanol–water partition coefficient (Wildman–Crippen LogP) is 4.71. The number of hydrogen-bond acceptors (Lipinski definition) is 3. The molecule has 8 heteroatoms. The monoisotopic (exact) mass is 377 g/mol. The molecule has 0 saturated carbocycles. The van der Waals surface area contributed by atoms with Gasteiger partial charge in [-0.05, 0) is 30.3 Å². The summed E-state index contributed by atoms with van der Waals surface area (Å²) in [6.07, 6.45) is -4.05. The zero-order valence-electron chi connectivity index (χ0n) is 10.2. The van der Waals surface area contributed by atoms with E-state index in [9.17, 15) is 18.0 Å². The van der Waals surface area contributed by atoms with E-state index in [1.165, 1.54) is 0 Å². The molecule has 0 saturated heterocycles. The molecule has 0 radical (unpaired) electrons. The fourth-order valence-corrected chi connectivity index (χ4v) is 2.68. The van der Waals surface area contributed by atoms with Gasteiger partial charge in [-0.2, -0.15) is 13.2 Å². The van der Waals surface area contributed by atoms with E-state index in [1.807, 2.05) is 0 Å². The van der Waals surface area contributed by atoms with Gasteiger partial charge in [-0.15, -0.1) is 0 Å². The quantitative estimate of drug-likeness (QED) is 0.841. The topological polar surface area (TPSA) is 50.2 Å². The molecule has 0 atom stereocenters. The minimum absolute atomic E-state index is 0.0559. The average Bonchev–Trinajstić information content (AvgIpc) is 2.40. The van der Waals surface area contributed by atoms with Gasteiger partial charge in [0.2, 0.25) is 0 Å². The number of benzene rings is 1. The van der Waals surface area contributed by atoms with E-state index < -0.39 is 23.4 Å². The van der Waals surface area contributed by atoms with E-state index in [0.29, 0.717) is 11.1 Å². The lowest BCUT2D eigenvalue weighted by Crippen LogP contribution is -2.09. The van der Waals surface area contributed by atoms with Crippen LogP contribution < -0.4 is 0 Å². The molecule has 1 aromatic carbocycles. The largest absolute Gasteiger partial charge is 0.476 e. The van der Waals surface area contributed by atoms with Crippen molar-refractivity contribution in [1.82, 2.24) is 4.98 Å². The smallest absolute Gasteiger partial charge is 0.417 e. The van der Waals surface area contributed by atoms with Crippen LogP contribution in [-0.2, 0) is 6.18 Å². The third-order valence-corrected chi connectivity index (χ3v) is 3.99. The van der Waals surface area contributed by atoms with Gasteiger partial charge in [-0.1, -0.05) is 27.7 Å². The van der Waals surface area contributed by atoms with Crippen LogP contribution >= 0.6 is 27.7 Å². The summed E-state index contributed by atoms with van der Waals surface area (Å²) in [5, 5.41) is 9.02. The van der Waals surface area contributed by atoms with E-state index in [0.717, 1.165) is 22.3 Å². The number of pyridine rings is 1. The Kier molecular flexibility index (Phi) is 4.58. The highest BCUT2D eigenvalue weighted by Gasteiger charge is 2.32. The number of carboxylic acids is 1. The van der Waals surface area contributed by atoms with E-state index in [2.05, 4.69) is 20.9 Å². The third-order valence-electron chi connectivity index (χ3n) is 2.42. The van der Waals surface area contributed by atoms with Crippen LogP contribution in [0, 0.1) is 0 Å². The van der Waals surface area contributed by atoms with Crippen molar-refractivity contribution >= 4 is 33.7 Å². The van der Waals surface area contributed by atoms with Gasteiger partial charge in [-0.25, -0.2) is 9.78 Å². The number of nitrogens with zero attached hydrogens (tertiary/aromatic N) is 1. The third kappa shape index (κ3) is 3.98. The van der Waals surface area contributed by atoms with E-state index in [1.54, 1.807) is 24.3 Å². The Morgan fingerprint density at radius 1 is 1.24 bits per heavy atom. The maximum Gasteiger partial charge on any atom is 0.417 e. The van der Waals surface area contributed by atoms with Crippen molar-refractivity contribution in [3.05, 3.63) is 52.3 Å². The van der Waals surface area contributed by atoms with Crippen molar-refractivity contribution in [3.8, 4) is 0 Å². The van der Waals surface area contributed by atoms with Gasteiger partial charge in [0.25, 0.3) is 0 Å². The van der Waals surface area contributed by atoms with Crippen molar-refractivity contribution in [3.63, 3.8) is 0 Å². The number of carbonyl (C=O) groups is 1. The zero-order valence-corrected chi connectivity index (χ0v) is 12.6. The molecule has 0 unspecified atom stereocenters. The van der Waals surface area contributed by atoms with Crippen LogP contribution in [0.4, 0.5) is 13.2 Å².